The molecule has 1 aliphatic rings. The van der Waals surface area contributed by atoms with E-state index < -0.39 is 4.92 Å². The van der Waals surface area contributed by atoms with Gasteiger partial charge in [0.2, 0.25) is 0 Å². The highest BCUT2D eigenvalue weighted by Gasteiger charge is 2.22. The average molecular weight is 286 g/mol. The molecule has 2 aromatic rings. The van der Waals surface area contributed by atoms with E-state index in [-0.39, 0.29) is 5.69 Å². The molecule has 6 nitrogen and oxygen atoms in total. The topological polar surface area (TPSA) is 64.8 Å². The summed E-state index contributed by atoms with van der Waals surface area (Å²) in [4.78, 5) is 12.5. The number of methoxy groups -OCH3 is 1. The molecule has 0 radical (unpaired) electrons. The Morgan fingerprint density at radius 1 is 1.24 bits per heavy atom. The predicted octanol–water partition coefficient (Wildman–Crippen LogP) is 3.13. The minimum atomic E-state index is -0.421. The van der Waals surface area contributed by atoms with Crippen LogP contribution in [0.4, 0.5) is 17.1 Å². The fourth-order valence-corrected chi connectivity index (χ4v) is 2.35. The minimum Gasteiger partial charge on any atom is -0.497 e. The number of nitro groups is 1. The standard InChI is InChI=1S/C15H14N2O4/c1-20-13-5-2-11(3-6-13)16-8-9-21-15-10-12(17(18)19)4-7-14(15)16/h2-7,10H,8-9H2,1H3. The normalized spacial score (nSPS) is 13.3. The summed E-state index contributed by atoms with van der Waals surface area (Å²) in [5, 5.41) is 10.8. The number of rotatable bonds is 3. The van der Waals surface area contributed by atoms with Crippen LogP contribution in [-0.4, -0.2) is 25.2 Å². The summed E-state index contributed by atoms with van der Waals surface area (Å²) >= 11 is 0. The largest absolute Gasteiger partial charge is 0.497 e. The number of non-ortho nitro benzene ring substituents is 1. The van der Waals surface area contributed by atoms with Gasteiger partial charge in [-0.15, -0.1) is 0 Å². The van der Waals surface area contributed by atoms with E-state index in [1.807, 2.05) is 24.3 Å². The summed E-state index contributed by atoms with van der Waals surface area (Å²) < 4.78 is 10.7. The van der Waals surface area contributed by atoms with Crippen molar-refractivity contribution < 1.29 is 14.4 Å². The van der Waals surface area contributed by atoms with Crippen molar-refractivity contribution in [3.8, 4) is 11.5 Å². The number of nitrogens with zero attached hydrogens (tertiary/aromatic N) is 2. The van der Waals surface area contributed by atoms with E-state index in [0.29, 0.717) is 18.9 Å². The fraction of sp³-hybridized carbons (Fsp3) is 0.200. The summed E-state index contributed by atoms with van der Waals surface area (Å²) in [5.74, 6) is 1.32. The lowest BCUT2D eigenvalue weighted by molar-refractivity contribution is -0.384. The summed E-state index contributed by atoms with van der Waals surface area (Å²) in [6.45, 7) is 1.18. The quantitative estimate of drug-likeness (QED) is 0.640. The monoisotopic (exact) mass is 286 g/mol. The summed E-state index contributed by atoms with van der Waals surface area (Å²) in [7, 11) is 1.62. The first kappa shape index (κ1) is 13.2. The van der Waals surface area contributed by atoms with E-state index in [0.717, 1.165) is 17.1 Å². The molecule has 0 unspecified atom stereocenters. The molecule has 0 atom stereocenters. The fourth-order valence-electron chi connectivity index (χ4n) is 2.35. The van der Waals surface area contributed by atoms with Crippen molar-refractivity contribution in [1.29, 1.82) is 0 Å². The molecule has 1 aliphatic heterocycles. The van der Waals surface area contributed by atoms with Crippen LogP contribution in [0.5, 0.6) is 11.5 Å². The number of nitro benzene ring substituents is 1. The number of fused-ring (bicyclic) bond motifs is 1. The van der Waals surface area contributed by atoms with Crippen molar-refractivity contribution in [3.05, 3.63) is 52.6 Å². The predicted molar refractivity (Wildman–Crippen MR) is 78.6 cm³/mol. The molecule has 0 fully saturated rings. The van der Waals surface area contributed by atoms with Gasteiger partial charge in [0, 0.05) is 11.8 Å². The highest BCUT2D eigenvalue weighted by Crippen LogP contribution is 2.39. The molecule has 0 aromatic heterocycles. The first-order valence-electron chi connectivity index (χ1n) is 6.52. The van der Waals surface area contributed by atoms with Gasteiger partial charge in [-0.05, 0) is 30.3 Å². The number of hydrogen-bond donors (Lipinski definition) is 0. The molecule has 0 amide bonds. The van der Waals surface area contributed by atoms with Crippen LogP contribution in [0.1, 0.15) is 0 Å². The highest BCUT2D eigenvalue weighted by molar-refractivity contribution is 5.72. The van der Waals surface area contributed by atoms with Crippen LogP contribution in [0.3, 0.4) is 0 Å². The maximum Gasteiger partial charge on any atom is 0.273 e. The number of hydrogen-bond acceptors (Lipinski definition) is 5. The number of benzene rings is 2. The third-order valence-corrected chi connectivity index (χ3v) is 3.40. The van der Waals surface area contributed by atoms with Crippen LogP contribution in [0.25, 0.3) is 0 Å². The maximum absolute atomic E-state index is 10.8. The first-order valence-corrected chi connectivity index (χ1v) is 6.52. The SMILES string of the molecule is COc1ccc(N2CCOc3cc([N+](=O)[O-])ccc32)cc1. The third kappa shape index (κ3) is 2.47. The lowest BCUT2D eigenvalue weighted by Crippen LogP contribution is -2.28. The minimum absolute atomic E-state index is 0.0327. The van der Waals surface area contributed by atoms with Crippen molar-refractivity contribution in [2.45, 2.75) is 0 Å². The van der Waals surface area contributed by atoms with Crippen molar-refractivity contribution in [1.82, 2.24) is 0 Å². The molecular weight excluding hydrogens is 272 g/mol. The van der Waals surface area contributed by atoms with E-state index in [1.165, 1.54) is 12.1 Å². The Hall–Kier alpha value is -2.76. The van der Waals surface area contributed by atoms with Gasteiger partial charge in [0.15, 0.2) is 0 Å². The Bertz CT molecular complexity index is 670. The summed E-state index contributed by atoms with van der Waals surface area (Å²) in [6, 6.07) is 12.3. The number of ether oxygens (including phenoxy) is 2. The van der Waals surface area contributed by atoms with Gasteiger partial charge in [-0.25, -0.2) is 0 Å². The molecule has 0 aliphatic carbocycles. The lowest BCUT2D eigenvalue weighted by Gasteiger charge is -2.31. The van der Waals surface area contributed by atoms with Gasteiger partial charge in [-0.2, -0.15) is 0 Å². The Balaban J connectivity index is 1.97. The maximum atomic E-state index is 10.8. The van der Waals surface area contributed by atoms with Gasteiger partial charge < -0.3 is 14.4 Å². The van der Waals surface area contributed by atoms with Crippen molar-refractivity contribution in [3.63, 3.8) is 0 Å². The van der Waals surface area contributed by atoms with Crippen molar-refractivity contribution in [2.24, 2.45) is 0 Å². The first-order chi connectivity index (χ1) is 10.2. The summed E-state index contributed by atoms with van der Waals surface area (Å²) in [6.07, 6.45) is 0. The van der Waals surface area contributed by atoms with Gasteiger partial charge in [0.05, 0.1) is 30.3 Å². The van der Waals surface area contributed by atoms with E-state index >= 15 is 0 Å². The Morgan fingerprint density at radius 3 is 2.67 bits per heavy atom. The van der Waals surface area contributed by atoms with Crippen molar-refractivity contribution in [2.75, 3.05) is 25.2 Å². The van der Waals surface area contributed by atoms with E-state index in [1.54, 1.807) is 13.2 Å². The van der Waals surface area contributed by atoms with Crippen LogP contribution in [0.2, 0.25) is 0 Å². The Morgan fingerprint density at radius 2 is 2.00 bits per heavy atom. The van der Waals surface area contributed by atoms with Crippen LogP contribution < -0.4 is 14.4 Å². The molecule has 21 heavy (non-hydrogen) atoms. The molecular formula is C15H14N2O4. The molecule has 108 valence electrons. The van der Waals surface area contributed by atoms with Crippen LogP contribution in [-0.2, 0) is 0 Å². The molecule has 1 heterocycles. The Kier molecular flexibility index (Phi) is 3.35. The molecule has 0 spiro atoms. The molecule has 3 rings (SSSR count). The van der Waals surface area contributed by atoms with E-state index in [9.17, 15) is 10.1 Å². The molecule has 0 bridgehead atoms. The second-order valence-corrected chi connectivity index (χ2v) is 4.61. The smallest absolute Gasteiger partial charge is 0.273 e. The van der Waals surface area contributed by atoms with Gasteiger partial charge >= 0.3 is 0 Å². The van der Waals surface area contributed by atoms with Gasteiger partial charge in [-0.1, -0.05) is 0 Å². The average Bonchev–Trinajstić information content (AvgIpc) is 2.54. The molecule has 0 saturated carbocycles. The lowest BCUT2D eigenvalue weighted by atomic mass is 10.2. The van der Waals surface area contributed by atoms with Gasteiger partial charge in [0.1, 0.15) is 18.1 Å². The highest BCUT2D eigenvalue weighted by atomic mass is 16.6. The zero-order valence-electron chi connectivity index (χ0n) is 11.5. The third-order valence-electron chi connectivity index (χ3n) is 3.40. The van der Waals surface area contributed by atoms with Crippen LogP contribution in [0, 0.1) is 10.1 Å². The van der Waals surface area contributed by atoms with Gasteiger partial charge in [0.25, 0.3) is 5.69 Å². The zero-order chi connectivity index (χ0) is 14.8. The second kappa shape index (κ2) is 5.32. The van der Waals surface area contributed by atoms with Crippen molar-refractivity contribution >= 4 is 17.1 Å². The van der Waals surface area contributed by atoms with E-state index in [2.05, 4.69) is 4.90 Å². The Labute approximate surface area is 121 Å². The molecule has 0 saturated heterocycles. The zero-order valence-corrected chi connectivity index (χ0v) is 11.5. The second-order valence-electron chi connectivity index (χ2n) is 4.61. The van der Waals surface area contributed by atoms with Gasteiger partial charge in [-0.3, -0.25) is 10.1 Å². The number of anilines is 2. The summed E-state index contributed by atoms with van der Waals surface area (Å²) in [5.41, 5.74) is 1.86. The van der Waals surface area contributed by atoms with E-state index in [4.69, 9.17) is 9.47 Å². The molecule has 6 heteroatoms. The molecule has 2 aromatic carbocycles. The van der Waals surface area contributed by atoms with Crippen LogP contribution in [0.15, 0.2) is 42.5 Å². The molecule has 0 N–H and O–H groups in total. The van der Waals surface area contributed by atoms with Crippen LogP contribution >= 0.6 is 0 Å².